The molecule has 1 aliphatic heterocycles. The molecule has 0 saturated carbocycles. The lowest BCUT2D eigenvalue weighted by atomic mass is 10.3. The van der Waals surface area contributed by atoms with Crippen LogP contribution in [0.25, 0.3) is 0 Å². The summed E-state index contributed by atoms with van der Waals surface area (Å²) in [6, 6.07) is 20.4. The van der Waals surface area contributed by atoms with E-state index < -0.39 is 0 Å². The fraction of sp³-hybridized carbons (Fsp3) is 0.379. The van der Waals surface area contributed by atoms with Gasteiger partial charge in [-0.25, -0.2) is 9.59 Å². The molecule has 39 heavy (non-hydrogen) atoms. The van der Waals surface area contributed by atoms with Gasteiger partial charge in [-0.3, -0.25) is 0 Å². The molecule has 3 rings (SSSR count). The molecule has 1 aliphatic rings. The van der Waals surface area contributed by atoms with Crippen LogP contribution in [0.3, 0.4) is 0 Å². The minimum atomic E-state index is -0.369. The van der Waals surface area contributed by atoms with Crippen LogP contribution in [0, 0.1) is 0 Å². The van der Waals surface area contributed by atoms with Gasteiger partial charge in [0.25, 0.3) is 0 Å². The predicted molar refractivity (Wildman–Crippen MR) is 177 cm³/mol. The molecule has 4 nitrogen and oxygen atoms in total. The largest absolute Gasteiger partial charge is 0.457 e. The maximum atomic E-state index is 11.9. The second kappa shape index (κ2) is 19.1. The van der Waals surface area contributed by atoms with Gasteiger partial charge in [-0.15, -0.1) is 47.0 Å². The van der Waals surface area contributed by atoms with Gasteiger partial charge in [-0.2, -0.15) is 23.5 Å². The molecule has 10 heteroatoms. The van der Waals surface area contributed by atoms with Gasteiger partial charge in [0.1, 0.15) is 12.2 Å². The predicted octanol–water partition coefficient (Wildman–Crippen LogP) is 7.41. The summed E-state index contributed by atoms with van der Waals surface area (Å²) >= 11 is 11.1. The number of carbonyl (C=O) groups excluding carboxylic acids is 2. The summed E-state index contributed by atoms with van der Waals surface area (Å²) in [6.45, 7) is 7.09. The van der Waals surface area contributed by atoms with E-state index in [-0.39, 0.29) is 24.1 Å². The maximum Gasteiger partial charge on any atom is 0.330 e. The molecule has 2 aromatic rings. The third-order valence-electron chi connectivity index (χ3n) is 5.41. The summed E-state index contributed by atoms with van der Waals surface area (Å²) in [6.07, 6.45) is 2.14. The molecule has 1 saturated heterocycles. The molecule has 4 atom stereocenters. The van der Waals surface area contributed by atoms with E-state index in [9.17, 15) is 9.59 Å². The highest BCUT2D eigenvalue weighted by Gasteiger charge is 2.29. The molecule has 0 amide bonds. The Balaban J connectivity index is 1.43. The van der Waals surface area contributed by atoms with E-state index in [1.165, 1.54) is 21.9 Å². The first kappa shape index (κ1) is 32.5. The Kier molecular flexibility index (Phi) is 15.9. The van der Waals surface area contributed by atoms with Gasteiger partial charge >= 0.3 is 11.9 Å². The Hall–Kier alpha value is -1.04. The Bertz CT molecular complexity index is 941. The highest BCUT2D eigenvalue weighted by Crippen LogP contribution is 2.40. The van der Waals surface area contributed by atoms with E-state index in [4.69, 9.17) is 9.47 Å². The van der Waals surface area contributed by atoms with Crippen molar-refractivity contribution in [2.24, 2.45) is 0 Å². The zero-order valence-corrected chi connectivity index (χ0v) is 26.6. The van der Waals surface area contributed by atoms with E-state index in [1.807, 2.05) is 83.4 Å². The van der Waals surface area contributed by atoms with Crippen LogP contribution in [0.2, 0.25) is 0 Å². The van der Waals surface area contributed by atoms with E-state index in [1.54, 1.807) is 23.5 Å². The SMILES string of the molecule is C=CC(=O)OC(CSCC1SCSC1CSCC(CSc1ccccc1)OC(=O)C=C)CSc1ccccc1. The molecule has 1 heterocycles. The Labute approximate surface area is 258 Å². The Morgan fingerprint density at radius 2 is 1.15 bits per heavy atom. The summed E-state index contributed by atoms with van der Waals surface area (Å²) in [4.78, 5) is 26.1. The molecule has 2 aromatic carbocycles. The van der Waals surface area contributed by atoms with Crippen LogP contribution in [0.5, 0.6) is 0 Å². The van der Waals surface area contributed by atoms with Crippen LogP contribution in [-0.4, -0.2) is 74.2 Å². The number of rotatable bonds is 18. The van der Waals surface area contributed by atoms with Crippen LogP contribution in [-0.2, 0) is 19.1 Å². The standard InChI is InChI=1S/C29H34O4S6/c1-3-28(30)32-22(17-36-24-11-7-5-8-12-24)15-34-19-26-27(39-21-38-26)20-35-16-23(33-29(31)4-2)18-37-25-13-9-6-10-14-25/h3-14,22-23,26-27H,1-2,15-21H2. The Morgan fingerprint density at radius 3 is 1.54 bits per heavy atom. The molecule has 210 valence electrons. The lowest BCUT2D eigenvalue weighted by Gasteiger charge is -2.21. The van der Waals surface area contributed by atoms with Gasteiger partial charge < -0.3 is 9.47 Å². The molecular weight excluding hydrogens is 605 g/mol. The first-order valence-electron chi connectivity index (χ1n) is 12.5. The van der Waals surface area contributed by atoms with Gasteiger partial charge in [0.05, 0.1) is 0 Å². The molecular formula is C29H34O4S6. The first-order valence-corrected chi connectivity index (χ1v) is 18.9. The van der Waals surface area contributed by atoms with Crippen molar-refractivity contribution < 1.29 is 19.1 Å². The normalized spacial score (nSPS) is 18.2. The molecule has 0 aliphatic carbocycles. The fourth-order valence-corrected chi connectivity index (χ4v) is 12.1. The zero-order chi connectivity index (χ0) is 27.7. The minimum Gasteiger partial charge on any atom is -0.457 e. The maximum absolute atomic E-state index is 11.9. The van der Waals surface area contributed by atoms with Crippen molar-refractivity contribution in [3.63, 3.8) is 0 Å². The number of hydrogen-bond donors (Lipinski definition) is 0. The van der Waals surface area contributed by atoms with Gasteiger partial charge in [-0.05, 0) is 24.3 Å². The quantitative estimate of drug-likeness (QED) is 0.0938. The molecule has 0 aromatic heterocycles. The average Bonchev–Trinajstić information content (AvgIpc) is 3.42. The first-order chi connectivity index (χ1) is 19.1. The van der Waals surface area contributed by atoms with Crippen LogP contribution < -0.4 is 0 Å². The van der Waals surface area contributed by atoms with E-state index in [0.29, 0.717) is 22.0 Å². The highest BCUT2D eigenvalue weighted by molar-refractivity contribution is 8.20. The van der Waals surface area contributed by atoms with Crippen molar-refractivity contribution in [2.45, 2.75) is 32.5 Å². The number of thioether (sulfide) groups is 6. The Morgan fingerprint density at radius 1 is 0.744 bits per heavy atom. The van der Waals surface area contributed by atoms with Crippen molar-refractivity contribution in [1.82, 2.24) is 0 Å². The lowest BCUT2D eigenvalue weighted by molar-refractivity contribution is -0.141. The van der Waals surface area contributed by atoms with Crippen LogP contribution >= 0.6 is 70.6 Å². The van der Waals surface area contributed by atoms with Gasteiger partial charge in [-0.1, -0.05) is 49.6 Å². The monoisotopic (exact) mass is 638 g/mol. The van der Waals surface area contributed by atoms with E-state index >= 15 is 0 Å². The molecule has 0 N–H and O–H groups in total. The summed E-state index contributed by atoms with van der Waals surface area (Å²) in [5.41, 5.74) is 0. The molecule has 4 unspecified atom stereocenters. The summed E-state index contributed by atoms with van der Waals surface area (Å²) in [7, 11) is 0. The molecule has 0 bridgehead atoms. The third-order valence-corrected chi connectivity index (χ3v) is 13.6. The minimum absolute atomic E-state index is 0.167. The third kappa shape index (κ3) is 13.0. The van der Waals surface area contributed by atoms with Crippen molar-refractivity contribution >= 4 is 82.5 Å². The zero-order valence-electron chi connectivity index (χ0n) is 21.7. The van der Waals surface area contributed by atoms with Gasteiger partial charge in [0.2, 0.25) is 0 Å². The lowest BCUT2D eigenvalue weighted by Crippen LogP contribution is -2.26. The van der Waals surface area contributed by atoms with E-state index in [0.717, 1.165) is 28.1 Å². The highest BCUT2D eigenvalue weighted by atomic mass is 32.2. The number of benzene rings is 2. The second-order valence-corrected chi connectivity index (χ2v) is 15.5. The van der Waals surface area contributed by atoms with Crippen molar-refractivity contribution in [3.05, 3.63) is 86.0 Å². The molecule has 0 radical (unpaired) electrons. The molecule has 0 spiro atoms. The van der Waals surface area contributed by atoms with Gasteiger partial charge in [0.15, 0.2) is 0 Å². The van der Waals surface area contributed by atoms with Crippen molar-refractivity contribution in [1.29, 1.82) is 0 Å². The average molecular weight is 639 g/mol. The number of carbonyl (C=O) groups is 2. The van der Waals surface area contributed by atoms with Crippen molar-refractivity contribution in [2.75, 3.05) is 39.6 Å². The fourth-order valence-electron chi connectivity index (χ4n) is 3.44. The molecule has 1 fully saturated rings. The van der Waals surface area contributed by atoms with Crippen molar-refractivity contribution in [3.8, 4) is 0 Å². The van der Waals surface area contributed by atoms with Gasteiger partial charge in [0, 0.05) is 72.0 Å². The van der Waals surface area contributed by atoms with Crippen LogP contribution in [0.4, 0.5) is 0 Å². The second-order valence-electron chi connectivity index (χ2n) is 8.38. The van der Waals surface area contributed by atoms with E-state index in [2.05, 4.69) is 37.4 Å². The van der Waals surface area contributed by atoms with Crippen LogP contribution in [0.15, 0.2) is 95.8 Å². The summed E-state index contributed by atoms with van der Waals surface area (Å²) < 4.78 is 11.3. The number of hydrogen-bond acceptors (Lipinski definition) is 10. The summed E-state index contributed by atoms with van der Waals surface area (Å²) in [5, 5.41) is 2.17. The number of esters is 2. The topological polar surface area (TPSA) is 52.6 Å². The summed E-state index contributed by atoms with van der Waals surface area (Å²) in [5.74, 6) is 4.24. The van der Waals surface area contributed by atoms with Crippen LogP contribution in [0.1, 0.15) is 0 Å². The number of ether oxygens (including phenoxy) is 2. The smallest absolute Gasteiger partial charge is 0.330 e.